The standard InChI is InChI=1S/C22H44N2O/c1-2-3-4-5-6-7-8-9-10-11-12-13-14-15-16-17-18-19-20-21-22(25)24-23/h9-10H,2-8,11-21,23H2,1H3,(H,24,25)/b10-9-. The Morgan fingerprint density at radius 3 is 1.52 bits per heavy atom. The van der Waals surface area contributed by atoms with Gasteiger partial charge in [-0.25, -0.2) is 5.84 Å². The molecule has 0 aromatic heterocycles. The van der Waals surface area contributed by atoms with Gasteiger partial charge in [0.1, 0.15) is 0 Å². The topological polar surface area (TPSA) is 55.1 Å². The highest BCUT2D eigenvalue weighted by molar-refractivity contribution is 5.74. The third kappa shape index (κ3) is 21.1. The summed E-state index contributed by atoms with van der Waals surface area (Å²) in [5, 5.41) is 0. The van der Waals surface area contributed by atoms with Gasteiger partial charge in [-0.3, -0.25) is 10.2 Å². The zero-order valence-electron chi connectivity index (χ0n) is 16.9. The van der Waals surface area contributed by atoms with Gasteiger partial charge in [-0.2, -0.15) is 0 Å². The minimum atomic E-state index is -0.0407. The van der Waals surface area contributed by atoms with Gasteiger partial charge in [0.05, 0.1) is 0 Å². The quantitative estimate of drug-likeness (QED) is 0.0907. The lowest BCUT2D eigenvalue weighted by atomic mass is 10.1. The molecule has 0 rings (SSSR count). The summed E-state index contributed by atoms with van der Waals surface area (Å²) in [6, 6.07) is 0. The third-order valence-electron chi connectivity index (χ3n) is 4.83. The monoisotopic (exact) mass is 352 g/mol. The molecule has 0 atom stereocenters. The predicted molar refractivity (Wildman–Crippen MR) is 110 cm³/mol. The van der Waals surface area contributed by atoms with Crippen LogP contribution in [0.2, 0.25) is 0 Å². The Labute approximate surface area is 157 Å². The lowest BCUT2D eigenvalue weighted by Gasteiger charge is -2.02. The fourth-order valence-electron chi connectivity index (χ4n) is 3.14. The summed E-state index contributed by atoms with van der Waals surface area (Å²) in [6.07, 6.45) is 27.8. The van der Waals surface area contributed by atoms with E-state index in [1.54, 1.807) is 0 Å². The van der Waals surface area contributed by atoms with Gasteiger partial charge in [0.25, 0.3) is 0 Å². The second-order valence-corrected chi connectivity index (χ2v) is 7.32. The van der Waals surface area contributed by atoms with E-state index in [1.807, 2.05) is 0 Å². The molecule has 0 aromatic rings. The molecule has 0 aliphatic heterocycles. The van der Waals surface area contributed by atoms with Crippen molar-refractivity contribution in [1.29, 1.82) is 0 Å². The summed E-state index contributed by atoms with van der Waals surface area (Å²) in [5.41, 5.74) is 2.18. The van der Waals surface area contributed by atoms with Gasteiger partial charge in [0, 0.05) is 6.42 Å². The molecule has 1 amide bonds. The van der Waals surface area contributed by atoms with Gasteiger partial charge >= 0.3 is 0 Å². The van der Waals surface area contributed by atoms with E-state index in [4.69, 9.17) is 5.84 Å². The summed E-state index contributed by atoms with van der Waals surface area (Å²) in [6.45, 7) is 2.27. The molecular weight excluding hydrogens is 308 g/mol. The number of hydrogen-bond acceptors (Lipinski definition) is 2. The van der Waals surface area contributed by atoms with Crippen LogP contribution in [0.1, 0.15) is 122 Å². The Bertz CT molecular complexity index is 302. The van der Waals surface area contributed by atoms with Crippen LogP contribution in [0.25, 0.3) is 0 Å². The van der Waals surface area contributed by atoms with Gasteiger partial charge < -0.3 is 0 Å². The molecule has 148 valence electrons. The maximum Gasteiger partial charge on any atom is 0.233 e. The van der Waals surface area contributed by atoms with Gasteiger partial charge in [0.2, 0.25) is 5.91 Å². The number of rotatable bonds is 19. The van der Waals surface area contributed by atoms with Crippen LogP contribution in [-0.4, -0.2) is 5.91 Å². The van der Waals surface area contributed by atoms with Crippen LogP contribution in [-0.2, 0) is 4.79 Å². The van der Waals surface area contributed by atoms with Gasteiger partial charge in [0.15, 0.2) is 0 Å². The number of nitrogens with two attached hydrogens (primary N) is 1. The van der Waals surface area contributed by atoms with E-state index >= 15 is 0 Å². The number of unbranched alkanes of at least 4 members (excludes halogenated alkanes) is 15. The van der Waals surface area contributed by atoms with Crippen molar-refractivity contribution >= 4 is 5.91 Å². The van der Waals surface area contributed by atoms with E-state index in [2.05, 4.69) is 24.5 Å². The first kappa shape index (κ1) is 24.2. The fraction of sp³-hybridized carbons (Fsp3) is 0.864. The first-order valence-corrected chi connectivity index (χ1v) is 11.0. The van der Waals surface area contributed by atoms with Crippen molar-refractivity contribution in [1.82, 2.24) is 5.43 Å². The zero-order chi connectivity index (χ0) is 18.4. The summed E-state index contributed by atoms with van der Waals surface area (Å²) < 4.78 is 0. The molecule has 0 unspecified atom stereocenters. The summed E-state index contributed by atoms with van der Waals surface area (Å²) in [4.78, 5) is 11.0. The molecule has 3 N–H and O–H groups in total. The predicted octanol–water partition coefficient (Wildman–Crippen LogP) is 6.57. The van der Waals surface area contributed by atoms with Crippen LogP contribution in [0, 0.1) is 0 Å². The van der Waals surface area contributed by atoms with Crippen LogP contribution in [0.3, 0.4) is 0 Å². The van der Waals surface area contributed by atoms with E-state index in [0.717, 1.165) is 12.8 Å². The largest absolute Gasteiger partial charge is 0.294 e. The highest BCUT2D eigenvalue weighted by atomic mass is 16.2. The first-order chi connectivity index (χ1) is 12.3. The van der Waals surface area contributed by atoms with Crippen molar-refractivity contribution in [2.45, 2.75) is 122 Å². The number of hydrogen-bond donors (Lipinski definition) is 2. The first-order valence-electron chi connectivity index (χ1n) is 11.0. The molecular formula is C22H44N2O. The Balaban J connectivity index is 3.08. The SMILES string of the molecule is CCCCCCCC/C=C\CCCCCCCCCCCC(=O)NN. The molecule has 0 aromatic carbocycles. The van der Waals surface area contributed by atoms with Crippen LogP contribution in [0.5, 0.6) is 0 Å². The highest BCUT2D eigenvalue weighted by Gasteiger charge is 1.97. The van der Waals surface area contributed by atoms with Crippen LogP contribution in [0.15, 0.2) is 12.2 Å². The van der Waals surface area contributed by atoms with Crippen molar-refractivity contribution in [2.24, 2.45) is 5.84 Å². The molecule has 3 heteroatoms. The maximum atomic E-state index is 11.0. The number of hydrazine groups is 1. The molecule has 0 aliphatic rings. The summed E-state index contributed by atoms with van der Waals surface area (Å²) >= 11 is 0. The van der Waals surface area contributed by atoms with Crippen molar-refractivity contribution in [3.63, 3.8) is 0 Å². The number of amides is 1. The minimum absolute atomic E-state index is 0.0407. The van der Waals surface area contributed by atoms with Gasteiger partial charge in [-0.05, 0) is 32.1 Å². The van der Waals surface area contributed by atoms with Crippen molar-refractivity contribution in [3.05, 3.63) is 12.2 Å². The number of carbonyl (C=O) groups excluding carboxylic acids is 1. The second kappa shape index (κ2) is 21.2. The molecule has 0 saturated carbocycles. The Kier molecular flexibility index (Phi) is 20.5. The average Bonchev–Trinajstić information content (AvgIpc) is 2.63. The molecule has 0 fully saturated rings. The smallest absolute Gasteiger partial charge is 0.233 e. The molecule has 0 heterocycles. The molecule has 0 aliphatic carbocycles. The summed E-state index contributed by atoms with van der Waals surface area (Å²) in [5.74, 6) is 5.01. The van der Waals surface area contributed by atoms with Crippen molar-refractivity contribution in [3.8, 4) is 0 Å². The van der Waals surface area contributed by atoms with Crippen LogP contribution < -0.4 is 11.3 Å². The zero-order valence-corrected chi connectivity index (χ0v) is 16.9. The van der Waals surface area contributed by atoms with E-state index in [0.29, 0.717) is 6.42 Å². The second-order valence-electron chi connectivity index (χ2n) is 7.32. The molecule has 0 spiro atoms. The Hall–Kier alpha value is -0.830. The fourth-order valence-corrected chi connectivity index (χ4v) is 3.14. The Morgan fingerprint density at radius 2 is 1.08 bits per heavy atom. The minimum Gasteiger partial charge on any atom is -0.294 e. The molecule has 0 bridgehead atoms. The third-order valence-corrected chi connectivity index (χ3v) is 4.83. The van der Waals surface area contributed by atoms with Crippen LogP contribution >= 0.6 is 0 Å². The van der Waals surface area contributed by atoms with Crippen LogP contribution in [0.4, 0.5) is 0 Å². The number of allylic oxidation sites excluding steroid dienone is 2. The highest BCUT2D eigenvalue weighted by Crippen LogP contribution is 2.12. The van der Waals surface area contributed by atoms with E-state index in [9.17, 15) is 4.79 Å². The van der Waals surface area contributed by atoms with Gasteiger partial charge in [-0.1, -0.05) is 96.1 Å². The lowest BCUT2D eigenvalue weighted by molar-refractivity contribution is -0.121. The molecule has 0 radical (unpaired) electrons. The number of nitrogens with one attached hydrogen (secondary N) is 1. The Morgan fingerprint density at radius 1 is 0.680 bits per heavy atom. The number of carbonyl (C=O) groups is 1. The molecule has 3 nitrogen and oxygen atoms in total. The lowest BCUT2D eigenvalue weighted by Crippen LogP contribution is -2.29. The van der Waals surface area contributed by atoms with E-state index in [-0.39, 0.29) is 5.91 Å². The van der Waals surface area contributed by atoms with E-state index in [1.165, 1.54) is 96.3 Å². The summed E-state index contributed by atoms with van der Waals surface area (Å²) in [7, 11) is 0. The van der Waals surface area contributed by atoms with E-state index < -0.39 is 0 Å². The maximum absolute atomic E-state index is 11.0. The molecule has 0 saturated heterocycles. The normalized spacial score (nSPS) is 11.3. The average molecular weight is 353 g/mol. The molecule has 25 heavy (non-hydrogen) atoms. The van der Waals surface area contributed by atoms with Crippen molar-refractivity contribution in [2.75, 3.05) is 0 Å². The van der Waals surface area contributed by atoms with Crippen molar-refractivity contribution < 1.29 is 4.79 Å². The van der Waals surface area contributed by atoms with Gasteiger partial charge in [-0.15, -0.1) is 0 Å².